The summed E-state index contributed by atoms with van der Waals surface area (Å²) >= 11 is 1.23. The molecule has 3 amide bonds. The summed E-state index contributed by atoms with van der Waals surface area (Å²) < 4.78 is 1.90. The summed E-state index contributed by atoms with van der Waals surface area (Å²) in [5, 5.41) is 13.8. The summed E-state index contributed by atoms with van der Waals surface area (Å²) in [6, 6.07) is 20.6. The van der Waals surface area contributed by atoms with Crippen molar-refractivity contribution in [3.8, 4) is 17.1 Å². The molecule has 1 unspecified atom stereocenters. The molecule has 2 aromatic heterocycles. The number of benzene rings is 2. The second-order valence-electron chi connectivity index (χ2n) is 7.63. The van der Waals surface area contributed by atoms with E-state index in [4.69, 9.17) is 0 Å². The van der Waals surface area contributed by atoms with Crippen molar-refractivity contribution in [3.63, 3.8) is 0 Å². The van der Waals surface area contributed by atoms with Crippen LogP contribution in [0.3, 0.4) is 0 Å². The van der Waals surface area contributed by atoms with Crippen molar-refractivity contribution in [2.24, 2.45) is 0 Å². The van der Waals surface area contributed by atoms with Gasteiger partial charge in [0.15, 0.2) is 11.0 Å². The largest absolute Gasteiger partial charge is 0.334 e. The minimum Gasteiger partial charge on any atom is -0.334 e. The Hall–Kier alpha value is -3.98. The standard InChI is InChI=1S/C25H24N6O2S/c1-17-8-10-21(11-9-17)31-22(20-12-14-26-15-13-20)29-30-25(31)34-18(2)23(32)28-24(33)27-16-19-6-4-3-5-7-19/h3-15,18H,16H2,1-2H3,(H2,27,28,32,33). The number of rotatable bonds is 7. The molecule has 0 saturated carbocycles. The van der Waals surface area contributed by atoms with E-state index in [1.165, 1.54) is 11.8 Å². The molecule has 9 heteroatoms. The summed E-state index contributed by atoms with van der Waals surface area (Å²) in [7, 11) is 0. The Morgan fingerprint density at radius 2 is 1.68 bits per heavy atom. The Balaban J connectivity index is 1.49. The third-order valence-corrected chi connectivity index (χ3v) is 6.09. The number of carbonyl (C=O) groups excluding carboxylic acids is 2. The van der Waals surface area contributed by atoms with Crippen LogP contribution in [-0.2, 0) is 11.3 Å². The number of amides is 3. The summed E-state index contributed by atoms with van der Waals surface area (Å²) in [5.74, 6) is 0.224. The molecule has 4 rings (SSSR count). The zero-order valence-electron chi connectivity index (χ0n) is 18.8. The highest BCUT2D eigenvalue weighted by atomic mass is 32.2. The number of nitrogens with zero attached hydrogens (tertiary/aromatic N) is 4. The summed E-state index contributed by atoms with van der Waals surface area (Å²) in [5.41, 5.74) is 3.80. The van der Waals surface area contributed by atoms with E-state index in [0.29, 0.717) is 17.5 Å². The molecule has 0 fully saturated rings. The number of hydrogen-bond donors (Lipinski definition) is 2. The van der Waals surface area contributed by atoms with Crippen LogP contribution in [0.25, 0.3) is 17.1 Å². The Morgan fingerprint density at radius 1 is 0.971 bits per heavy atom. The van der Waals surface area contributed by atoms with Gasteiger partial charge >= 0.3 is 6.03 Å². The molecule has 0 aliphatic carbocycles. The molecule has 0 saturated heterocycles. The van der Waals surface area contributed by atoms with E-state index in [2.05, 4.69) is 25.8 Å². The number of pyridine rings is 1. The molecule has 0 radical (unpaired) electrons. The van der Waals surface area contributed by atoms with Gasteiger partial charge in [-0.3, -0.25) is 19.7 Å². The van der Waals surface area contributed by atoms with Crippen molar-refractivity contribution in [1.82, 2.24) is 30.4 Å². The SMILES string of the molecule is Cc1ccc(-n2c(SC(C)C(=O)NC(=O)NCc3ccccc3)nnc2-c2ccncc2)cc1. The predicted molar refractivity (Wildman–Crippen MR) is 131 cm³/mol. The Labute approximate surface area is 201 Å². The number of nitrogens with one attached hydrogen (secondary N) is 2. The molecule has 0 aliphatic heterocycles. The number of aromatic nitrogens is 4. The van der Waals surface area contributed by atoms with Gasteiger partial charge in [-0.25, -0.2) is 4.79 Å². The molecule has 34 heavy (non-hydrogen) atoms. The third-order valence-electron chi connectivity index (χ3n) is 5.05. The van der Waals surface area contributed by atoms with E-state index >= 15 is 0 Å². The maximum Gasteiger partial charge on any atom is 0.321 e. The average Bonchev–Trinajstić information content (AvgIpc) is 3.27. The van der Waals surface area contributed by atoms with Gasteiger partial charge in [0.25, 0.3) is 0 Å². The molecular weight excluding hydrogens is 448 g/mol. The highest BCUT2D eigenvalue weighted by molar-refractivity contribution is 8.00. The van der Waals surface area contributed by atoms with Gasteiger partial charge < -0.3 is 5.32 Å². The first-order valence-corrected chi connectivity index (χ1v) is 11.6. The van der Waals surface area contributed by atoms with Crippen molar-refractivity contribution in [2.45, 2.75) is 30.8 Å². The highest BCUT2D eigenvalue weighted by Gasteiger charge is 2.23. The van der Waals surface area contributed by atoms with Gasteiger partial charge in [-0.05, 0) is 43.7 Å². The summed E-state index contributed by atoms with van der Waals surface area (Å²) in [6.07, 6.45) is 3.39. The second-order valence-corrected chi connectivity index (χ2v) is 8.94. The molecule has 4 aromatic rings. The molecule has 0 spiro atoms. The first-order chi connectivity index (χ1) is 16.5. The van der Waals surface area contributed by atoms with Crippen molar-refractivity contribution in [3.05, 3.63) is 90.3 Å². The second kappa shape index (κ2) is 10.8. The Bertz CT molecular complexity index is 1260. The minimum atomic E-state index is -0.582. The first kappa shape index (κ1) is 23.2. The molecule has 0 aliphatic rings. The maximum atomic E-state index is 12.7. The average molecular weight is 473 g/mol. The zero-order valence-corrected chi connectivity index (χ0v) is 19.6. The topological polar surface area (TPSA) is 102 Å². The molecule has 8 nitrogen and oxygen atoms in total. The number of hydrogen-bond acceptors (Lipinski definition) is 6. The molecule has 2 N–H and O–H groups in total. The molecule has 172 valence electrons. The lowest BCUT2D eigenvalue weighted by Crippen LogP contribution is -2.42. The van der Waals surface area contributed by atoms with Crippen LogP contribution in [-0.4, -0.2) is 36.9 Å². The van der Waals surface area contributed by atoms with E-state index in [9.17, 15) is 9.59 Å². The van der Waals surface area contributed by atoms with Gasteiger partial charge in [0.05, 0.1) is 5.25 Å². The number of imide groups is 1. The fraction of sp³-hybridized carbons (Fsp3) is 0.160. The molecule has 2 heterocycles. The monoisotopic (exact) mass is 472 g/mol. The van der Waals surface area contributed by atoms with Crippen LogP contribution in [0.15, 0.2) is 84.3 Å². The molecule has 2 aromatic carbocycles. The molecule has 1 atom stereocenters. The number of urea groups is 1. The van der Waals surface area contributed by atoms with Crippen molar-refractivity contribution in [1.29, 1.82) is 0 Å². The van der Waals surface area contributed by atoms with Crippen LogP contribution in [0.1, 0.15) is 18.1 Å². The van der Waals surface area contributed by atoms with Crippen LogP contribution < -0.4 is 10.6 Å². The molecule has 0 bridgehead atoms. The normalized spacial score (nSPS) is 11.6. The summed E-state index contributed by atoms with van der Waals surface area (Å²) in [6.45, 7) is 4.08. The first-order valence-electron chi connectivity index (χ1n) is 10.7. The van der Waals surface area contributed by atoms with Gasteiger partial charge in [-0.2, -0.15) is 0 Å². The van der Waals surface area contributed by atoms with Crippen LogP contribution in [0.5, 0.6) is 0 Å². The Morgan fingerprint density at radius 3 is 2.38 bits per heavy atom. The van der Waals surface area contributed by atoms with Crippen LogP contribution in [0.2, 0.25) is 0 Å². The van der Waals surface area contributed by atoms with Crippen LogP contribution in [0, 0.1) is 6.92 Å². The maximum absolute atomic E-state index is 12.7. The van der Waals surface area contributed by atoms with Crippen LogP contribution >= 0.6 is 11.8 Å². The van der Waals surface area contributed by atoms with Gasteiger partial charge in [-0.15, -0.1) is 10.2 Å². The van der Waals surface area contributed by atoms with Crippen molar-refractivity contribution < 1.29 is 9.59 Å². The fourth-order valence-electron chi connectivity index (χ4n) is 3.21. The quantitative estimate of drug-likeness (QED) is 0.392. The zero-order chi connectivity index (χ0) is 23.9. The van der Waals surface area contributed by atoms with Gasteiger partial charge in [0, 0.05) is 30.2 Å². The van der Waals surface area contributed by atoms with E-state index in [1.807, 2.05) is 78.2 Å². The van der Waals surface area contributed by atoms with Gasteiger partial charge in [0.2, 0.25) is 5.91 Å². The van der Waals surface area contributed by atoms with E-state index in [0.717, 1.165) is 22.4 Å². The number of carbonyl (C=O) groups is 2. The minimum absolute atomic E-state index is 0.332. The van der Waals surface area contributed by atoms with Crippen LogP contribution in [0.4, 0.5) is 4.79 Å². The highest BCUT2D eigenvalue weighted by Crippen LogP contribution is 2.30. The Kier molecular flexibility index (Phi) is 7.34. The van der Waals surface area contributed by atoms with Gasteiger partial charge in [0.1, 0.15) is 0 Å². The molecular formula is C25H24N6O2S. The van der Waals surface area contributed by atoms with E-state index < -0.39 is 17.2 Å². The fourth-order valence-corrected chi connectivity index (χ4v) is 4.08. The smallest absolute Gasteiger partial charge is 0.321 e. The number of thioether (sulfide) groups is 1. The lowest BCUT2D eigenvalue weighted by atomic mass is 10.2. The summed E-state index contributed by atoms with van der Waals surface area (Å²) in [4.78, 5) is 29.0. The lowest BCUT2D eigenvalue weighted by Gasteiger charge is -2.14. The van der Waals surface area contributed by atoms with Gasteiger partial charge in [-0.1, -0.05) is 59.8 Å². The third kappa shape index (κ3) is 5.68. The lowest BCUT2D eigenvalue weighted by molar-refractivity contribution is -0.119. The number of aryl methyl sites for hydroxylation is 1. The predicted octanol–water partition coefficient (Wildman–Crippen LogP) is 4.14. The van der Waals surface area contributed by atoms with Crippen molar-refractivity contribution >= 4 is 23.7 Å². The van der Waals surface area contributed by atoms with Crippen molar-refractivity contribution in [2.75, 3.05) is 0 Å². The van der Waals surface area contributed by atoms with E-state index in [1.54, 1.807) is 19.3 Å². The van der Waals surface area contributed by atoms with E-state index in [-0.39, 0.29) is 0 Å².